The highest BCUT2D eigenvalue weighted by molar-refractivity contribution is 6.35. The third kappa shape index (κ3) is 16.5. The molecule has 428 valence electrons. The van der Waals surface area contributed by atoms with Crippen LogP contribution in [0.2, 0.25) is 0 Å². The number of rotatable bonds is 16. The molecular weight excluding hydrogens is 1060 g/mol. The molecule has 0 aliphatic carbocycles. The molecule has 0 spiro atoms. The molecular formula is C50H58F8N6O14. The van der Waals surface area contributed by atoms with Gasteiger partial charge in [0.25, 0.3) is 0 Å². The third-order valence-corrected chi connectivity index (χ3v) is 12.9. The summed E-state index contributed by atoms with van der Waals surface area (Å²) in [4.78, 5) is 130. The number of piperidine rings is 2. The molecule has 4 saturated heterocycles. The van der Waals surface area contributed by atoms with Crippen LogP contribution in [0.3, 0.4) is 0 Å². The topological polar surface area (TPSA) is 256 Å². The van der Waals surface area contributed by atoms with Crippen LogP contribution in [0, 0.1) is 58.4 Å². The molecule has 78 heavy (non-hydrogen) atoms. The van der Waals surface area contributed by atoms with Crippen LogP contribution in [0.4, 0.5) is 35.1 Å². The van der Waals surface area contributed by atoms with Gasteiger partial charge in [0, 0.05) is 76.3 Å². The van der Waals surface area contributed by atoms with Crippen LogP contribution in [-0.4, -0.2) is 167 Å². The van der Waals surface area contributed by atoms with Crippen molar-refractivity contribution in [3.8, 4) is 11.5 Å². The van der Waals surface area contributed by atoms with E-state index in [-0.39, 0.29) is 64.0 Å². The van der Waals surface area contributed by atoms with Crippen molar-refractivity contribution in [2.45, 2.75) is 103 Å². The number of carbonyl (C=O) groups excluding carboxylic acids is 9. The number of ether oxygens (including phenoxy) is 3. The lowest BCUT2D eigenvalue weighted by Gasteiger charge is -2.32. The Morgan fingerprint density at radius 3 is 1.10 bits per heavy atom. The Labute approximate surface area is 441 Å². The van der Waals surface area contributed by atoms with Crippen LogP contribution in [0.1, 0.15) is 85.0 Å². The average Bonchev–Trinajstić information content (AvgIpc) is 4.16. The highest BCUT2D eigenvalue weighted by Crippen LogP contribution is 2.29. The van der Waals surface area contributed by atoms with Gasteiger partial charge in [0.1, 0.15) is 30.9 Å². The summed E-state index contributed by atoms with van der Waals surface area (Å²) < 4.78 is 124. The number of likely N-dealkylation sites (tertiary alicyclic amines) is 4. The van der Waals surface area contributed by atoms with Crippen molar-refractivity contribution in [3.63, 3.8) is 0 Å². The molecule has 2 aromatic carbocycles. The molecule has 0 aromatic heterocycles. The summed E-state index contributed by atoms with van der Waals surface area (Å²) in [5, 5.41) is 13.8. The smallest absolute Gasteiger partial charge is 0.312 e. The second kappa shape index (κ2) is 27.3. The Morgan fingerprint density at radius 2 is 0.808 bits per heavy atom. The van der Waals surface area contributed by atoms with Crippen molar-refractivity contribution < 1.29 is 102 Å². The second-order valence-electron chi connectivity index (χ2n) is 19.7. The first-order chi connectivity index (χ1) is 36.7. The minimum atomic E-state index is -1.88. The molecule has 0 saturated carbocycles. The lowest BCUT2D eigenvalue weighted by molar-refractivity contribution is -0.156. The Kier molecular flexibility index (Phi) is 21.5. The number of hydrogen-bond donors (Lipinski definition) is 3. The summed E-state index contributed by atoms with van der Waals surface area (Å²) in [5.41, 5.74) is -0.928. The maximum Gasteiger partial charge on any atom is 0.312 e. The number of hydrogen-bond acceptors (Lipinski definition) is 13. The Balaban J connectivity index is 0.000000289. The predicted molar refractivity (Wildman–Crippen MR) is 250 cm³/mol. The fourth-order valence-electron chi connectivity index (χ4n) is 8.71. The molecule has 2 aromatic rings. The number of amides is 6. The van der Waals surface area contributed by atoms with E-state index in [9.17, 15) is 83.1 Å². The first-order valence-electron chi connectivity index (χ1n) is 24.8. The zero-order valence-electron chi connectivity index (χ0n) is 42.7. The molecule has 6 rings (SSSR count). The summed E-state index contributed by atoms with van der Waals surface area (Å²) in [6, 6.07) is -3.29. The number of benzene rings is 2. The number of Topliss-reactive ketones (excluding diaryl/α,β-unsaturated/α-hetero) is 2. The van der Waals surface area contributed by atoms with Crippen molar-refractivity contribution in [1.82, 2.24) is 30.2 Å². The van der Waals surface area contributed by atoms with Crippen molar-refractivity contribution >= 4 is 58.9 Å². The molecule has 20 nitrogen and oxygen atoms in total. The van der Waals surface area contributed by atoms with E-state index in [1.807, 2.05) is 0 Å². The Morgan fingerprint density at radius 1 is 0.513 bits per heavy atom. The lowest BCUT2D eigenvalue weighted by atomic mass is 9.95. The molecule has 28 heteroatoms. The van der Waals surface area contributed by atoms with Gasteiger partial charge in [-0.15, -0.1) is 0 Å². The van der Waals surface area contributed by atoms with Crippen LogP contribution in [0.25, 0.3) is 0 Å². The molecule has 4 aliphatic heterocycles. The van der Waals surface area contributed by atoms with Crippen molar-refractivity contribution in [2.75, 3.05) is 65.6 Å². The molecule has 4 heterocycles. The molecule has 0 bridgehead atoms. The molecule has 0 radical (unpaired) electrons. The standard InChI is InChI=1S/C27H33F4N3O7.C23H25F4N3O7/c1-27(2,3)41-20(36)13-18(19(35)14-40-23-21(30)16(28)12-17(29)22(23)31)32-24(37)15-6-10-34(11-7-15)26(39)25(38)33-8-4-5-9-33;24-13-9-14(25)19(27)20(18(13)26)37-11-16(31)15(10-17(32)33)28-21(34)12-3-7-30(8-4-12)23(36)22(35)29-5-1-2-6-29/h12,15,18H,4-11,13-14H2,1-3H3,(H,32,37);9,12,15H,1-8,10-11H2,(H,28,34)(H,32,33)/t18-;15-/m00/s1. The SMILES string of the molecule is CC(C)(C)OC(=O)C[C@H](NC(=O)C1CCN(C(=O)C(=O)N2CCCC2)CC1)C(=O)COc1c(F)c(F)cc(F)c1F.O=C(O)C[C@H](NC(=O)C1CCN(C(=O)C(=O)N2CCCC2)CC1)C(=O)COc1c(F)c(F)cc(F)c1F. The summed E-state index contributed by atoms with van der Waals surface area (Å²) >= 11 is 0. The zero-order chi connectivity index (χ0) is 57.8. The second-order valence-corrected chi connectivity index (χ2v) is 19.7. The normalized spacial score (nSPS) is 16.8. The number of carboxylic acid groups (broad SMARTS) is 1. The van der Waals surface area contributed by atoms with Crippen LogP contribution in [-0.2, 0) is 52.7 Å². The Hall–Kier alpha value is -7.42. The van der Waals surface area contributed by atoms with Gasteiger partial charge < -0.3 is 49.6 Å². The van der Waals surface area contributed by atoms with E-state index in [1.165, 1.54) is 19.6 Å². The monoisotopic (exact) mass is 1120 g/mol. The number of carbonyl (C=O) groups is 10. The number of halogens is 8. The Bertz CT molecular complexity index is 2580. The molecule has 2 atom stereocenters. The van der Waals surface area contributed by atoms with Gasteiger partial charge in [-0.05, 0) is 72.1 Å². The molecule has 0 unspecified atom stereocenters. The van der Waals surface area contributed by atoms with Gasteiger partial charge >= 0.3 is 35.6 Å². The van der Waals surface area contributed by atoms with Crippen LogP contribution in [0.15, 0.2) is 12.1 Å². The van der Waals surface area contributed by atoms with Gasteiger partial charge in [-0.3, -0.25) is 47.9 Å². The zero-order valence-corrected chi connectivity index (χ0v) is 42.7. The van der Waals surface area contributed by atoms with Crippen LogP contribution in [0.5, 0.6) is 11.5 Å². The van der Waals surface area contributed by atoms with Crippen molar-refractivity contribution in [1.29, 1.82) is 0 Å². The summed E-state index contributed by atoms with van der Waals surface area (Å²) in [5.74, 6) is -27.1. The minimum absolute atomic E-state index is 0.0218. The van der Waals surface area contributed by atoms with Gasteiger partial charge in [-0.1, -0.05) is 0 Å². The predicted octanol–water partition coefficient (Wildman–Crippen LogP) is 3.28. The van der Waals surface area contributed by atoms with Gasteiger partial charge in [0.2, 0.25) is 35.1 Å². The molecule has 4 aliphatic rings. The summed E-state index contributed by atoms with van der Waals surface area (Å²) in [7, 11) is 0. The highest BCUT2D eigenvalue weighted by Gasteiger charge is 2.38. The first-order valence-corrected chi connectivity index (χ1v) is 24.8. The highest BCUT2D eigenvalue weighted by atomic mass is 19.2. The maximum absolute atomic E-state index is 14.0. The van der Waals surface area contributed by atoms with Crippen molar-refractivity contribution in [2.24, 2.45) is 11.8 Å². The van der Waals surface area contributed by atoms with E-state index in [0.29, 0.717) is 26.2 Å². The quantitative estimate of drug-likeness (QED) is 0.0945. The number of nitrogens with one attached hydrogen (secondary N) is 2. The average molecular weight is 1120 g/mol. The van der Waals surface area contributed by atoms with E-state index < -0.39 is 173 Å². The van der Waals surface area contributed by atoms with Gasteiger partial charge in [-0.2, -0.15) is 17.6 Å². The number of esters is 1. The number of ketones is 2. The van der Waals surface area contributed by atoms with E-state index >= 15 is 0 Å². The maximum atomic E-state index is 14.0. The fourth-order valence-corrected chi connectivity index (χ4v) is 8.71. The molecule has 4 fully saturated rings. The van der Waals surface area contributed by atoms with E-state index in [0.717, 1.165) is 25.7 Å². The van der Waals surface area contributed by atoms with Crippen molar-refractivity contribution in [3.05, 3.63) is 58.7 Å². The number of aliphatic carboxylic acids is 1. The van der Waals surface area contributed by atoms with E-state index in [1.54, 1.807) is 20.8 Å². The third-order valence-electron chi connectivity index (χ3n) is 12.9. The summed E-state index contributed by atoms with van der Waals surface area (Å²) in [6.45, 7) is 4.94. The summed E-state index contributed by atoms with van der Waals surface area (Å²) in [6.07, 6.45) is 2.41. The molecule has 3 N–H and O–H groups in total. The van der Waals surface area contributed by atoms with Crippen LogP contribution < -0.4 is 20.1 Å². The lowest BCUT2D eigenvalue weighted by Crippen LogP contribution is -2.51. The van der Waals surface area contributed by atoms with Gasteiger partial charge in [-0.25, -0.2) is 17.6 Å². The number of carboxylic acids is 1. The van der Waals surface area contributed by atoms with Crippen LogP contribution >= 0.6 is 0 Å². The van der Waals surface area contributed by atoms with E-state index in [2.05, 4.69) is 15.4 Å². The largest absolute Gasteiger partial charge is 0.481 e. The minimum Gasteiger partial charge on any atom is -0.481 e. The van der Waals surface area contributed by atoms with Gasteiger partial charge in [0.05, 0.1) is 12.8 Å². The first kappa shape index (κ1) is 61.4. The fraction of sp³-hybridized carbons (Fsp3) is 0.560. The van der Waals surface area contributed by atoms with E-state index in [4.69, 9.17) is 14.6 Å². The number of nitrogens with zero attached hydrogens (tertiary/aromatic N) is 4. The molecule has 6 amide bonds. The van der Waals surface area contributed by atoms with Gasteiger partial charge in [0.15, 0.2) is 46.3 Å².